The molecule has 26 aromatic rings. The predicted molar refractivity (Wildman–Crippen MR) is 600 cm³/mol. The van der Waals surface area contributed by atoms with E-state index in [0.29, 0.717) is 0 Å². The fourth-order valence-corrected chi connectivity index (χ4v) is 26.8. The molecule has 0 N–H and O–H groups in total. The van der Waals surface area contributed by atoms with Gasteiger partial charge in [-0.15, -0.1) is 22.7 Å². The van der Waals surface area contributed by atoms with Crippen LogP contribution in [0.3, 0.4) is 0 Å². The van der Waals surface area contributed by atoms with E-state index in [1.807, 2.05) is 24.5 Å². The first-order valence-corrected chi connectivity index (χ1v) is 51.3. The zero-order valence-corrected chi connectivity index (χ0v) is 81.1. The van der Waals surface area contributed by atoms with Crippen LogP contribution >= 0.6 is 22.7 Å². The average Bonchev–Trinajstić information content (AvgIpc) is 1.55. The van der Waals surface area contributed by atoms with Gasteiger partial charge in [-0.05, 0) is 274 Å². The first-order valence-electron chi connectivity index (χ1n) is 49.6. The molecule has 0 radical (unpaired) electrons. The van der Waals surface area contributed by atoms with E-state index in [2.05, 4.69) is 437 Å². The quantitative estimate of drug-likeness (QED) is 0.133. The third-order valence-corrected chi connectivity index (χ3v) is 33.7. The van der Waals surface area contributed by atoms with Crippen molar-refractivity contribution < 1.29 is 0 Å². The normalized spacial score (nSPS) is 13.3. The summed E-state index contributed by atoms with van der Waals surface area (Å²) in [5, 5.41) is 13.7. The molecule has 0 bridgehead atoms. The first-order chi connectivity index (χ1) is 70.9. The molecule has 0 fully saturated rings. The van der Waals surface area contributed by atoms with Gasteiger partial charge in [-0.25, -0.2) is 24.9 Å². The summed E-state index contributed by atoms with van der Waals surface area (Å²) in [4.78, 5) is 35.7. The van der Waals surface area contributed by atoms with Crippen molar-refractivity contribution >= 4 is 118 Å². The standard InChI is InChI=1S/C46H27N3S.C44H31N3.C44H30N2S/c1-2-13-33-31(11-1)32-12-3-4-14-34(32)39-24-28(19-20-36(33)39)27-9-7-10-29(23-27)30-16-8-17-35-37-21-22-41(49-42(37)25-40(30)35)45-46-44(47-26-48-45)38-15-5-6-18-43(38)50-46;1-44(2)38-17-5-3-12-32(38)33-20-19-28(25-39(33)44)27-10-7-11-29(24-27)30-14-8-15-31-34-21-22-42(46-40(34)26-37(30)31)47-41-18-6-4-13-35(41)36-16-9-23-45-43(36)47;1-44(2)38-17-4-3-11-31(38)32-19-18-27(24-39(32)44)26-9-5-10-28(23-26)29-12-6-13-30-33-20-21-40(46-41(33)25-37(29)30)36-15-7-14-34-35-16-8-22-45-43(35)47-42(34)36/h1-24,26H,25H2;3-25H,26H2,1-2H3;3-24H,25H2,1-2H3. The molecule has 676 valence electrons. The van der Waals surface area contributed by atoms with Gasteiger partial charge in [0.2, 0.25) is 0 Å². The van der Waals surface area contributed by atoms with E-state index in [0.717, 1.165) is 90.8 Å². The van der Waals surface area contributed by atoms with E-state index < -0.39 is 0 Å². The molecule has 0 amide bonds. The van der Waals surface area contributed by atoms with Gasteiger partial charge < -0.3 is 0 Å². The number of fused-ring (bicyclic) bond motifs is 30. The lowest BCUT2D eigenvalue weighted by Crippen LogP contribution is -2.14. The maximum Gasteiger partial charge on any atom is 0.146 e. The molecule has 31 rings (SSSR count). The lowest BCUT2D eigenvalue weighted by molar-refractivity contribution is 0.660. The number of hydrogen-bond donors (Lipinski definition) is 0. The monoisotopic (exact) mass is 1870 g/mol. The van der Waals surface area contributed by atoms with Crippen LogP contribution in [0.5, 0.6) is 0 Å². The van der Waals surface area contributed by atoms with Crippen LogP contribution in [0.25, 0.3) is 246 Å². The minimum atomic E-state index is -0.0211. The van der Waals surface area contributed by atoms with Gasteiger partial charge in [0.15, 0.2) is 0 Å². The second-order valence-corrected chi connectivity index (χ2v) is 41.9. The Balaban J connectivity index is 0.000000103. The highest BCUT2D eigenvalue weighted by molar-refractivity contribution is 7.26. The smallest absolute Gasteiger partial charge is 0.146 e. The van der Waals surface area contributed by atoms with Crippen LogP contribution in [0.1, 0.15) is 83.7 Å². The van der Waals surface area contributed by atoms with Crippen LogP contribution in [-0.2, 0) is 30.1 Å². The van der Waals surface area contributed by atoms with Gasteiger partial charge in [-0.3, -0.25) is 14.5 Å². The van der Waals surface area contributed by atoms with Crippen LogP contribution in [-0.4, -0.2) is 39.5 Å². The molecule has 0 spiro atoms. The van der Waals surface area contributed by atoms with Gasteiger partial charge in [-0.1, -0.05) is 337 Å². The Morgan fingerprint density at radius 1 is 0.243 bits per heavy atom. The Morgan fingerprint density at radius 3 is 1.25 bits per heavy atom. The topological polar surface area (TPSA) is 95.2 Å². The molecule has 0 unspecified atom stereocenters. The van der Waals surface area contributed by atoms with Crippen LogP contribution in [0.15, 0.2) is 425 Å². The Morgan fingerprint density at radius 2 is 0.653 bits per heavy atom. The van der Waals surface area contributed by atoms with Gasteiger partial charge in [0.05, 0.1) is 44.2 Å². The molecule has 0 saturated heterocycles. The largest absolute Gasteiger partial charge is 0.278 e. The summed E-state index contributed by atoms with van der Waals surface area (Å²) in [5.74, 6) is 0.909. The Labute approximate surface area is 840 Å². The molecule has 0 atom stereocenters. The number of hydrogen-bond acceptors (Lipinski definition) is 9. The van der Waals surface area contributed by atoms with Gasteiger partial charge in [-0.2, -0.15) is 0 Å². The summed E-state index contributed by atoms with van der Waals surface area (Å²) in [6.45, 7) is 9.39. The fraction of sp³-hybridized carbons (Fsp3) is 0.0672. The van der Waals surface area contributed by atoms with Gasteiger partial charge in [0, 0.05) is 101 Å². The first kappa shape index (κ1) is 83.6. The molecule has 9 heterocycles. The highest BCUT2D eigenvalue weighted by Crippen LogP contribution is 2.55. The number of aromatic nitrogens is 8. The number of thiophene rings is 2. The lowest BCUT2D eigenvalue weighted by Gasteiger charge is -2.22. The third-order valence-electron chi connectivity index (χ3n) is 31.4. The van der Waals surface area contributed by atoms with Crippen molar-refractivity contribution in [3.63, 3.8) is 0 Å². The number of nitrogens with zero attached hydrogens (tertiary/aromatic N) is 8. The molecule has 5 aliphatic carbocycles. The summed E-state index contributed by atoms with van der Waals surface area (Å²) in [7, 11) is 0. The van der Waals surface area contributed by atoms with E-state index >= 15 is 0 Å². The average molecular weight is 1870 g/mol. The van der Waals surface area contributed by atoms with Crippen molar-refractivity contribution in [1.82, 2.24) is 39.5 Å². The van der Waals surface area contributed by atoms with Crippen LogP contribution in [0.2, 0.25) is 0 Å². The predicted octanol–water partition coefficient (Wildman–Crippen LogP) is 34.8. The summed E-state index contributed by atoms with van der Waals surface area (Å²) in [5.41, 5.74) is 48.0. The van der Waals surface area contributed by atoms with Crippen LogP contribution in [0.4, 0.5) is 0 Å². The van der Waals surface area contributed by atoms with E-state index in [1.165, 1.54) is 230 Å². The molecular formula is C134H88N8S2. The van der Waals surface area contributed by atoms with Gasteiger partial charge in [0.1, 0.15) is 28.3 Å². The molecular weight excluding hydrogens is 1790 g/mol. The van der Waals surface area contributed by atoms with E-state index in [4.69, 9.17) is 24.9 Å². The number of para-hydroxylation sites is 1. The van der Waals surface area contributed by atoms with Gasteiger partial charge in [0.25, 0.3) is 0 Å². The van der Waals surface area contributed by atoms with Crippen LogP contribution in [0, 0.1) is 0 Å². The summed E-state index contributed by atoms with van der Waals surface area (Å²) < 4.78 is 5.76. The molecule has 5 aliphatic rings. The van der Waals surface area contributed by atoms with Crippen molar-refractivity contribution in [3.05, 3.63) is 481 Å². The molecule has 0 aliphatic heterocycles. The van der Waals surface area contributed by atoms with E-state index in [1.54, 1.807) is 29.0 Å². The maximum atomic E-state index is 5.31. The summed E-state index contributed by atoms with van der Waals surface area (Å²) in [6, 6.07) is 149. The second-order valence-electron chi connectivity index (χ2n) is 39.9. The second kappa shape index (κ2) is 32.6. The fourth-order valence-electron chi connectivity index (χ4n) is 24.5. The lowest BCUT2D eigenvalue weighted by atomic mass is 9.81. The summed E-state index contributed by atoms with van der Waals surface area (Å²) in [6.07, 6.45) is 7.83. The number of pyridine rings is 5. The Hall–Kier alpha value is -17.4. The molecule has 9 aromatic heterocycles. The SMILES string of the molecule is CC1(C)c2ccccc2-c2ccc(-c3cccc(-c4cccc5c4Cc4nc(-c6cccc7c6sc6ncccc67)ccc4-5)c3)cc21.CC1(C)c2ccccc2-c2ccc(-c3cccc(-c4cccc5c4Cc4nc(-n6c7ccccc7c7cccnc76)ccc4-5)c3)cc21.c1cc(-c2ccc3c4ccccc4c4ccccc4c3c2)cc(-c2cccc3c2Cc2nc(-c4ncnc5c4sc4ccccc45)ccc2-3)c1. The third kappa shape index (κ3) is 13.1. The Bertz CT molecular complexity index is 9900. The van der Waals surface area contributed by atoms with Crippen molar-refractivity contribution in [2.75, 3.05) is 0 Å². The highest BCUT2D eigenvalue weighted by Gasteiger charge is 2.38. The zero-order chi connectivity index (χ0) is 95.3. The molecule has 10 heteroatoms. The molecule has 17 aromatic carbocycles. The zero-order valence-electron chi connectivity index (χ0n) is 79.4. The number of rotatable bonds is 9. The van der Waals surface area contributed by atoms with Crippen molar-refractivity contribution in [3.8, 4) is 151 Å². The van der Waals surface area contributed by atoms with Crippen LogP contribution < -0.4 is 0 Å². The van der Waals surface area contributed by atoms with Gasteiger partial charge >= 0.3 is 0 Å². The molecule has 0 saturated carbocycles. The highest BCUT2D eigenvalue weighted by atomic mass is 32.1. The minimum Gasteiger partial charge on any atom is -0.278 e. The van der Waals surface area contributed by atoms with E-state index in [9.17, 15) is 0 Å². The van der Waals surface area contributed by atoms with Crippen molar-refractivity contribution in [1.29, 1.82) is 0 Å². The molecule has 8 nitrogen and oxygen atoms in total. The maximum absolute atomic E-state index is 5.31. The number of benzene rings is 17. The minimum absolute atomic E-state index is 0.0170. The van der Waals surface area contributed by atoms with Crippen molar-refractivity contribution in [2.24, 2.45) is 0 Å². The Kier molecular flexibility index (Phi) is 18.9. The molecule has 144 heavy (non-hydrogen) atoms. The summed E-state index contributed by atoms with van der Waals surface area (Å²) >= 11 is 3.49. The van der Waals surface area contributed by atoms with Crippen molar-refractivity contribution in [2.45, 2.75) is 57.8 Å². The van der Waals surface area contributed by atoms with E-state index in [-0.39, 0.29) is 10.8 Å².